The molecule has 0 aliphatic carbocycles. The van der Waals surface area contributed by atoms with Crippen LogP contribution in [-0.2, 0) is 21.5 Å². The summed E-state index contributed by atoms with van der Waals surface area (Å²) in [7, 11) is -4.44. The molecule has 5 rings (SSSR count). The maximum absolute atomic E-state index is 12.3. The standard InChI is InChI=1S/C22H17Cl3N2O7S2/c1-2-11(5-18-26(10-21(28)29)14-9-17(25)35-22(14)34-18)6-19-27(4-3-20(27)36(30,31)32)15-7-12(23)13(24)8-16(15)33-19/h5-9,20H,2-4,10H2,1H3/p+2. The molecule has 2 aromatic heterocycles. The number of ether oxygens (including phenoxy) is 1. The number of carbonyl (C=O) groups is 1. The van der Waals surface area contributed by atoms with Gasteiger partial charge in [0, 0.05) is 24.3 Å². The van der Waals surface area contributed by atoms with E-state index < -0.39 is 21.5 Å². The number of oxazole rings is 1. The highest BCUT2D eigenvalue weighted by Crippen LogP contribution is 2.55. The van der Waals surface area contributed by atoms with Crippen LogP contribution in [0.1, 0.15) is 25.7 Å². The minimum atomic E-state index is -4.44. The molecule has 2 N–H and O–H groups in total. The zero-order valence-corrected chi connectivity index (χ0v) is 22.5. The molecule has 2 unspecified atom stereocenters. The van der Waals surface area contributed by atoms with Gasteiger partial charge >= 0.3 is 27.9 Å². The van der Waals surface area contributed by atoms with E-state index in [4.69, 9.17) is 44.0 Å². The van der Waals surface area contributed by atoms with Crippen molar-refractivity contribution in [2.45, 2.75) is 31.7 Å². The van der Waals surface area contributed by atoms with Gasteiger partial charge in [-0.05, 0) is 12.0 Å². The zero-order chi connectivity index (χ0) is 26.0. The third-order valence-electron chi connectivity index (χ3n) is 6.33. The molecule has 36 heavy (non-hydrogen) atoms. The smallest absolute Gasteiger partial charge is 0.375 e. The summed E-state index contributed by atoms with van der Waals surface area (Å²) < 4.78 is 48.2. The molecule has 1 aromatic carbocycles. The number of carboxylic acids is 1. The molecule has 9 nitrogen and oxygen atoms in total. The average Bonchev–Trinajstić information content (AvgIpc) is 3.36. The van der Waals surface area contributed by atoms with Crippen LogP contribution in [0.2, 0.25) is 14.4 Å². The van der Waals surface area contributed by atoms with Gasteiger partial charge in [0.25, 0.3) is 10.4 Å². The van der Waals surface area contributed by atoms with Crippen molar-refractivity contribution in [3.63, 3.8) is 0 Å². The van der Waals surface area contributed by atoms with Crippen LogP contribution in [0.5, 0.6) is 5.75 Å². The van der Waals surface area contributed by atoms with Gasteiger partial charge in [-0.15, -0.1) is 4.57 Å². The van der Waals surface area contributed by atoms with Gasteiger partial charge in [-0.1, -0.05) is 53.1 Å². The SMILES string of the molecule is CCC(=Cc1oc2sc(Cl)cc2[n+]1CC(=O)O)C=C1Oc2cc(Cl)c(Cl)cc2[N+]12CCC2S(=O)(=O)O. The van der Waals surface area contributed by atoms with Crippen molar-refractivity contribution in [2.75, 3.05) is 6.54 Å². The number of rotatable bonds is 6. The Morgan fingerprint density at radius 2 is 2.00 bits per heavy atom. The largest absolute Gasteiger partial charge is 0.477 e. The van der Waals surface area contributed by atoms with Gasteiger partial charge in [0.05, 0.1) is 29.1 Å². The Labute approximate surface area is 224 Å². The number of hydrogen-bond acceptors (Lipinski definition) is 6. The predicted molar refractivity (Wildman–Crippen MR) is 137 cm³/mol. The molecule has 1 fully saturated rings. The van der Waals surface area contributed by atoms with Gasteiger partial charge in [-0.3, -0.25) is 4.55 Å². The minimum Gasteiger partial charge on any atom is -0.477 e. The van der Waals surface area contributed by atoms with Crippen LogP contribution in [0.25, 0.3) is 16.5 Å². The molecular formula is C22H19Cl3N2O7S2+2. The van der Waals surface area contributed by atoms with Crippen LogP contribution in [0.15, 0.2) is 40.1 Å². The van der Waals surface area contributed by atoms with Gasteiger partial charge < -0.3 is 14.3 Å². The normalized spacial score (nSPS) is 22.8. The van der Waals surface area contributed by atoms with Crippen molar-refractivity contribution in [1.29, 1.82) is 0 Å². The van der Waals surface area contributed by atoms with Crippen molar-refractivity contribution in [3.8, 4) is 5.75 Å². The van der Waals surface area contributed by atoms with Crippen LogP contribution < -0.4 is 13.8 Å². The summed E-state index contributed by atoms with van der Waals surface area (Å²) in [5.74, 6) is -0.160. The Morgan fingerprint density at radius 3 is 2.61 bits per heavy atom. The number of benzene rings is 1. The first-order chi connectivity index (χ1) is 16.9. The summed E-state index contributed by atoms with van der Waals surface area (Å²) in [5, 5.41) is 8.71. The Kier molecular flexibility index (Phi) is 6.39. The van der Waals surface area contributed by atoms with Gasteiger partial charge in [0.1, 0.15) is 4.34 Å². The molecule has 3 aromatic rings. The highest BCUT2D eigenvalue weighted by Gasteiger charge is 2.63. The number of hydrogen-bond donors (Lipinski definition) is 2. The summed E-state index contributed by atoms with van der Waals surface area (Å²) in [6.07, 6.45) is 4.04. The van der Waals surface area contributed by atoms with Crippen LogP contribution in [0.4, 0.5) is 5.69 Å². The number of aromatic nitrogens is 1. The lowest BCUT2D eigenvalue weighted by Crippen LogP contribution is -2.67. The topological polar surface area (TPSA) is 118 Å². The molecule has 0 saturated carbocycles. The Morgan fingerprint density at radius 1 is 1.28 bits per heavy atom. The fourth-order valence-corrected chi connectivity index (χ4v) is 7.16. The number of fused-ring (bicyclic) bond motifs is 3. The number of nitrogens with zero attached hydrogens (tertiary/aromatic N) is 2. The number of carboxylic acid groups (broad SMARTS) is 1. The highest BCUT2D eigenvalue weighted by molar-refractivity contribution is 7.86. The third kappa shape index (κ3) is 4.12. The average molecular weight is 594 g/mol. The van der Waals surface area contributed by atoms with Crippen molar-refractivity contribution >= 4 is 84.4 Å². The Balaban J connectivity index is 1.65. The van der Waals surface area contributed by atoms with E-state index in [1.54, 1.807) is 24.3 Å². The Hall–Kier alpha value is -2.12. The summed E-state index contributed by atoms with van der Waals surface area (Å²) in [6, 6.07) is 4.70. The van der Waals surface area contributed by atoms with Crippen LogP contribution >= 0.6 is 46.1 Å². The molecule has 2 aliphatic rings. The molecule has 0 radical (unpaired) electrons. The van der Waals surface area contributed by atoms with Gasteiger partial charge in [-0.2, -0.15) is 8.42 Å². The van der Waals surface area contributed by atoms with E-state index in [0.29, 0.717) is 44.7 Å². The van der Waals surface area contributed by atoms with Crippen LogP contribution in [0.3, 0.4) is 0 Å². The molecular weight excluding hydrogens is 575 g/mol. The van der Waals surface area contributed by atoms with E-state index in [1.807, 2.05) is 6.92 Å². The second kappa shape index (κ2) is 9.02. The third-order valence-corrected chi connectivity index (χ3v) is 9.46. The fraction of sp³-hybridized carbons (Fsp3) is 0.273. The fourth-order valence-electron chi connectivity index (χ4n) is 4.60. The van der Waals surface area contributed by atoms with Crippen molar-refractivity contribution in [1.82, 2.24) is 4.48 Å². The molecule has 190 valence electrons. The van der Waals surface area contributed by atoms with E-state index in [0.717, 1.165) is 0 Å². The van der Waals surface area contributed by atoms with Crippen molar-refractivity contribution in [3.05, 3.63) is 56.0 Å². The first-order valence-electron chi connectivity index (χ1n) is 10.7. The number of thiophene rings is 1. The van der Waals surface area contributed by atoms with E-state index in [2.05, 4.69) is 0 Å². The monoisotopic (exact) mass is 592 g/mol. The van der Waals surface area contributed by atoms with E-state index in [-0.39, 0.29) is 39.3 Å². The molecule has 0 amide bonds. The second-order valence-corrected chi connectivity index (χ2v) is 12.4. The molecule has 0 bridgehead atoms. The summed E-state index contributed by atoms with van der Waals surface area (Å²) in [4.78, 5) is 12.0. The number of allylic oxidation sites excluding steroid dienone is 2. The van der Waals surface area contributed by atoms with E-state index >= 15 is 0 Å². The number of halogens is 3. The van der Waals surface area contributed by atoms with E-state index in [1.165, 1.54) is 22.0 Å². The minimum absolute atomic E-state index is 0.220. The van der Waals surface area contributed by atoms with Gasteiger partial charge in [0.15, 0.2) is 11.4 Å². The molecule has 2 atom stereocenters. The van der Waals surface area contributed by atoms with Crippen molar-refractivity contribution in [2.24, 2.45) is 0 Å². The summed E-state index contributed by atoms with van der Waals surface area (Å²) >= 11 is 19.7. The lowest BCUT2D eigenvalue weighted by Gasteiger charge is -2.45. The van der Waals surface area contributed by atoms with Gasteiger partial charge in [-0.25, -0.2) is 9.28 Å². The first-order valence-corrected chi connectivity index (χ1v) is 14.2. The van der Waals surface area contributed by atoms with Crippen LogP contribution in [0, 0.1) is 0 Å². The maximum Gasteiger partial charge on any atom is 0.375 e. The molecule has 4 heterocycles. The van der Waals surface area contributed by atoms with Crippen molar-refractivity contribution < 1.29 is 36.6 Å². The molecule has 14 heteroatoms. The second-order valence-electron chi connectivity index (χ2n) is 8.39. The Bertz CT molecular complexity index is 1590. The summed E-state index contributed by atoms with van der Waals surface area (Å²) in [5.41, 5.74) is 1.70. The number of aliphatic carboxylic acids is 1. The first kappa shape index (κ1) is 25.5. The quantitative estimate of drug-likeness (QED) is 0.221. The van der Waals surface area contributed by atoms with Crippen LogP contribution in [-0.4, -0.2) is 36.0 Å². The lowest BCUT2D eigenvalue weighted by molar-refractivity contribution is -0.666. The van der Waals surface area contributed by atoms with Gasteiger partial charge in [0.2, 0.25) is 11.9 Å². The predicted octanol–water partition coefficient (Wildman–Crippen LogP) is 5.48. The van der Waals surface area contributed by atoms with E-state index in [9.17, 15) is 22.9 Å². The highest BCUT2D eigenvalue weighted by atomic mass is 35.5. The summed E-state index contributed by atoms with van der Waals surface area (Å²) in [6.45, 7) is 1.89. The zero-order valence-electron chi connectivity index (χ0n) is 18.6. The maximum atomic E-state index is 12.3. The molecule has 1 saturated heterocycles. The molecule has 1 spiro atoms. The number of quaternary nitrogens is 1. The molecule has 2 aliphatic heterocycles. The lowest BCUT2D eigenvalue weighted by atomic mass is 10.1.